The number of amides is 1. The molecule has 0 saturated carbocycles. The van der Waals surface area contributed by atoms with Gasteiger partial charge in [0.1, 0.15) is 5.75 Å². The summed E-state index contributed by atoms with van der Waals surface area (Å²) in [5.41, 5.74) is 0.756. The van der Waals surface area contributed by atoms with E-state index in [0.717, 1.165) is 16.3 Å². The van der Waals surface area contributed by atoms with Crippen LogP contribution in [-0.4, -0.2) is 36.3 Å². The molecule has 0 spiro atoms. The van der Waals surface area contributed by atoms with Crippen LogP contribution >= 0.6 is 0 Å². The number of fused-ring (bicyclic) bond motifs is 1. The fraction of sp³-hybridized carbons (Fsp3) is 0.250. The van der Waals surface area contributed by atoms with E-state index in [4.69, 9.17) is 4.74 Å². The summed E-state index contributed by atoms with van der Waals surface area (Å²) >= 11 is 0. The number of hydrogen-bond donors (Lipinski definition) is 0. The molecule has 0 aliphatic carbocycles. The fourth-order valence-electron chi connectivity index (χ4n) is 3.72. The Hall–Kier alpha value is -3.14. The van der Waals surface area contributed by atoms with Gasteiger partial charge in [-0.25, -0.2) is 0 Å². The van der Waals surface area contributed by atoms with Crippen molar-refractivity contribution in [2.45, 2.75) is 12.8 Å². The summed E-state index contributed by atoms with van der Waals surface area (Å²) in [5.74, 6) is 0.841. The van der Waals surface area contributed by atoms with Crippen molar-refractivity contribution in [2.75, 3.05) is 19.7 Å². The Labute approximate surface area is 164 Å². The third-order valence-corrected chi connectivity index (χ3v) is 5.36. The van der Waals surface area contributed by atoms with Crippen molar-refractivity contribution in [3.63, 3.8) is 0 Å². The zero-order valence-corrected chi connectivity index (χ0v) is 15.7. The Kier molecular flexibility index (Phi) is 5.38. The van der Waals surface area contributed by atoms with Crippen molar-refractivity contribution in [2.24, 2.45) is 5.92 Å². The van der Waals surface area contributed by atoms with Gasteiger partial charge in [0.15, 0.2) is 12.4 Å². The van der Waals surface area contributed by atoms with Crippen LogP contribution in [0.2, 0.25) is 0 Å². The summed E-state index contributed by atoms with van der Waals surface area (Å²) in [5, 5.41) is 2.24. The minimum absolute atomic E-state index is 0.00661. The molecule has 0 aromatic heterocycles. The summed E-state index contributed by atoms with van der Waals surface area (Å²) < 4.78 is 5.71. The molecule has 0 atom stereocenters. The zero-order valence-electron chi connectivity index (χ0n) is 15.7. The first-order valence-corrected chi connectivity index (χ1v) is 9.69. The largest absolute Gasteiger partial charge is 0.484 e. The maximum Gasteiger partial charge on any atom is 0.260 e. The van der Waals surface area contributed by atoms with Gasteiger partial charge in [-0.05, 0) is 35.7 Å². The number of carbonyl (C=O) groups is 2. The molecule has 142 valence electrons. The molecule has 0 N–H and O–H groups in total. The highest BCUT2D eigenvalue weighted by atomic mass is 16.5. The molecule has 0 radical (unpaired) electrons. The SMILES string of the molecule is O=C(c1ccccc1)C1CCN(C(=O)COc2ccc3ccccc3c2)CC1. The number of ketones is 1. The number of likely N-dealkylation sites (tertiary alicyclic amines) is 1. The fourth-order valence-corrected chi connectivity index (χ4v) is 3.72. The number of rotatable bonds is 5. The van der Waals surface area contributed by atoms with Gasteiger partial charge < -0.3 is 9.64 Å². The lowest BCUT2D eigenvalue weighted by atomic mass is 9.89. The second kappa shape index (κ2) is 8.26. The van der Waals surface area contributed by atoms with Crippen molar-refractivity contribution in [3.05, 3.63) is 78.4 Å². The average Bonchev–Trinajstić information content (AvgIpc) is 2.77. The highest BCUT2D eigenvalue weighted by Gasteiger charge is 2.28. The van der Waals surface area contributed by atoms with Gasteiger partial charge in [0.05, 0.1) is 0 Å². The van der Waals surface area contributed by atoms with Gasteiger partial charge >= 0.3 is 0 Å². The Balaban J connectivity index is 1.29. The summed E-state index contributed by atoms with van der Waals surface area (Å²) in [6.07, 6.45) is 1.41. The van der Waals surface area contributed by atoms with Gasteiger partial charge in [-0.3, -0.25) is 9.59 Å². The van der Waals surface area contributed by atoms with Crippen molar-refractivity contribution >= 4 is 22.5 Å². The molecular formula is C24H23NO3. The molecule has 1 saturated heterocycles. The van der Waals surface area contributed by atoms with E-state index in [2.05, 4.69) is 0 Å². The van der Waals surface area contributed by atoms with E-state index in [1.165, 1.54) is 0 Å². The topological polar surface area (TPSA) is 46.6 Å². The molecule has 1 amide bonds. The highest BCUT2D eigenvalue weighted by molar-refractivity contribution is 5.98. The minimum Gasteiger partial charge on any atom is -0.484 e. The number of benzene rings is 3. The molecule has 3 aromatic rings. The van der Waals surface area contributed by atoms with Crippen LogP contribution in [0.25, 0.3) is 10.8 Å². The summed E-state index contributed by atoms with van der Waals surface area (Å²) in [7, 11) is 0. The molecule has 3 aromatic carbocycles. The smallest absolute Gasteiger partial charge is 0.260 e. The number of nitrogens with zero attached hydrogens (tertiary/aromatic N) is 1. The monoisotopic (exact) mass is 373 g/mol. The molecule has 4 heteroatoms. The van der Waals surface area contributed by atoms with Crippen molar-refractivity contribution in [1.82, 2.24) is 4.90 Å². The lowest BCUT2D eigenvalue weighted by Crippen LogP contribution is -2.42. The lowest BCUT2D eigenvalue weighted by molar-refractivity contribution is -0.134. The average molecular weight is 373 g/mol. The summed E-state index contributed by atoms with van der Waals surface area (Å²) in [4.78, 5) is 26.9. The second-order valence-electron chi connectivity index (χ2n) is 7.18. The van der Waals surface area contributed by atoms with Crippen LogP contribution in [0.4, 0.5) is 0 Å². The van der Waals surface area contributed by atoms with Gasteiger partial charge in [0.2, 0.25) is 0 Å². The van der Waals surface area contributed by atoms with Crippen molar-refractivity contribution in [1.29, 1.82) is 0 Å². The number of carbonyl (C=O) groups excluding carboxylic acids is 2. The summed E-state index contributed by atoms with van der Waals surface area (Å²) in [6.45, 7) is 1.22. The molecule has 4 nitrogen and oxygen atoms in total. The van der Waals surface area contributed by atoms with Gasteiger partial charge in [-0.15, -0.1) is 0 Å². The number of Topliss-reactive ketones (excluding diaryl/α,β-unsaturated/α-hetero) is 1. The van der Waals surface area contributed by atoms with Crippen LogP contribution < -0.4 is 4.74 Å². The lowest BCUT2D eigenvalue weighted by Gasteiger charge is -2.31. The Morgan fingerprint density at radius 1 is 0.857 bits per heavy atom. The summed E-state index contributed by atoms with van der Waals surface area (Å²) in [6, 6.07) is 23.3. The first kappa shape index (κ1) is 18.2. The minimum atomic E-state index is -0.0289. The highest BCUT2D eigenvalue weighted by Crippen LogP contribution is 2.23. The maximum absolute atomic E-state index is 12.6. The quantitative estimate of drug-likeness (QED) is 0.625. The predicted molar refractivity (Wildman–Crippen MR) is 110 cm³/mol. The van der Waals surface area contributed by atoms with E-state index in [1.54, 1.807) is 4.90 Å². The van der Waals surface area contributed by atoms with Crippen LogP contribution in [-0.2, 0) is 4.79 Å². The molecule has 1 aliphatic heterocycles. The zero-order chi connectivity index (χ0) is 19.3. The normalized spacial score (nSPS) is 14.8. The van der Waals surface area contributed by atoms with E-state index in [9.17, 15) is 9.59 Å². The van der Waals surface area contributed by atoms with E-state index >= 15 is 0 Å². The van der Waals surface area contributed by atoms with E-state index in [0.29, 0.717) is 31.7 Å². The first-order chi connectivity index (χ1) is 13.7. The molecule has 1 heterocycles. The van der Waals surface area contributed by atoms with Crippen LogP contribution in [0.1, 0.15) is 23.2 Å². The van der Waals surface area contributed by atoms with Gasteiger partial charge in [0.25, 0.3) is 5.91 Å². The van der Waals surface area contributed by atoms with Gasteiger partial charge in [0, 0.05) is 24.6 Å². The second-order valence-corrected chi connectivity index (χ2v) is 7.18. The number of piperidine rings is 1. The molecule has 1 aliphatic rings. The molecule has 4 rings (SSSR count). The van der Waals surface area contributed by atoms with Crippen LogP contribution in [0.5, 0.6) is 5.75 Å². The van der Waals surface area contributed by atoms with E-state index in [-0.39, 0.29) is 24.2 Å². The molecule has 28 heavy (non-hydrogen) atoms. The van der Waals surface area contributed by atoms with E-state index in [1.807, 2.05) is 72.8 Å². The molecular weight excluding hydrogens is 350 g/mol. The van der Waals surface area contributed by atoms with Gasteiger partial charge in [-0.1, -0.05) is 60.7 Å². The third kappa shape index (κ3) is 4.06. The number of hydrogen-bond acceptors (Lipinski definition) is 3. The van der Waals surface area contributed by atoms with Crippen molar-refractivity contribution in [3.8, 4) is 5.75 Å². The maximum atomic E-state index is 12.6. The molecule has 1 fully saturated rings. The Bertz CT molecular complexity index is 975. The standard InChI is InChI=1S/C24H23NO3/c26-23(17-28-22-11-10-18-6-4-5-9-21(18)16-22)25-14-12-20(13-15-25)24(27)19-7-2-1-3-8-19/h1-11,16,20H,12-15,17H2. The molecule has 0 unspecified atom stereocenters. The van der Waals surface area contributed by atoms with Crippen LogP contribution in [0, 0.1) is 5.92 Å². The van der Waals surface area contributed by atoms with E-state index < -0.39 is 0 Å². The third-order valence-electron chi connectivity index (χ3n) is 5.36. The van der Waals surface area contributed by atoms with Gasteiger partial charge in [-0.2, -0.15) is 0 Å². The Morgan fingerprint density at radius 2 is 1.54 bits per heavy atom. The first-order valence-electron chi connectivity index (χ1n) is 9.69. The van der Waals surface area contributed by atoms with Crippen LogP contribution in [0.3, 0.4) is 0 Å². The van der Waals surface area contributed by atoms with Crippen molar-refractivity contribution < 1.29 is 14.3 Å². The molecule has 0 bridgehead atoms. The Morgan fingerprint density at radius 3 is 2.29 bits per heavy atom. The number of ether oxygens (including phenoxy) is 1. The predicted octanol–water partition coefficient (Wildman–Crippen LogP) is 4.34. The van der Waals surface area contributed by atoms with Crippen LogP contribution in [0.15, 0.2) is 72.8 Å².